The zero-order chi connectivity index (χ0) is 13.0. The van der Waals surface area contributed by atoms with Crippen LogP contribution >= 0.6 is 0 Å². The summed E-state index contributed by atoms with van der Waals surface area (Å²) in [6, 6.07) is -0.0225. The van der Waals surface area contributed by atoms with Crippen LogP contribution in [0, 0.1) is 5.92 Å². The van der Waals surface area contributed by atoms with E-state index in [0.717, 1.165) is 26.1 Å². The molecule has 0 aromatic heterocycles. The molecule has 100 valence electrons. The van der Waals surface area contributed by atoms with E-state index in [0.29, 0.717) is 5.92 Å². The van der Waals surface area contributed by atoms with Gasteiger partial charge in [0, 0.05) is 13.1 Å². The number of carbonyl (C=O) groups is 1. The maximum absolute atomic E-state index is 12.0. The molecule has 0 aromatic rings. The first kappa shape index (κ1) is 14.5. The quantitative estimate of drug-likeness (QED) is 0.757. The van der Waals surface area contributed by atoms with E-state index in [2.05, 4.69) is 38.0 Å². The number of amides is 1. The van der Waals surface area contributed by atoms with Gasteiger partial charge >= 0.3 is 0 Å². The van der Waals surface area contributed by atoms with E-state index in [1.807, 2.05) is 11.8 Å². The van der Waals surface area contributed by atoms with E-state index in [-0.39, 0.29) is 18.1 Å². The third-order valence-corrected chi connectivity index (χ3v) is 3.43. The number of rotatable bonds is 6. The van der Waals surface area contributed by atoms with Gasteiger partial charge < -0.3 is 9.80 Å². The van der Waals surface area contributed by atoms with Crippen molar-refractivity contribution >= 4 is 5.91 Å². The first-order valence-corrected chi connectivity index (χ1v) is 6.70. The SMILES string of the molecule is CCN(C)CCN1C(=O)C(C)NC1CC(C)C. The Labute approximate surface area is 105 Å². The molecule has 0 bridgehead atoms. The third kappa shape index (κ3) is 3.96. The fraction of sp³-hybridized carbons (Fsp3) is 0.923. The van der Waals surface area contributed by atoms with E-state index >= 15 is 0 Å². The van der Waals surface area contributed by atoms with Gasteiger partial charge in [-0.25, -0.2) is 0 Å². The molecule has 17 heavy (non-hydrogen) atoms. The summed E-state index contributed by atoms with van der Waals surface area (Å²) in [5.41, 5.74) is 0. The number of hydrogen-bond donors (Lipinski definition) is 1. The molecule has 0 saturated carbocycles. The normalized spacial score (nSPS) is 25.4. The highest BCUT2D eigenvalue weighted by Gasteiger charge is 2.35. The monoisotopic (exact) mass is 241 g/mol. The molecule has 1 amide bonds. The maximum atomic E-state index is 12.0. The molecule has 1 aliphatic heterocycles. The van der Waals surface area contributed by atoms with E-state index in [4.69, 9.17) is 0 Å². The minimum Gasteiger partial charge on any atom is -0.325 e. The minimum atomic E-state index is -0.0225. The Morgan fingerprint density at radius 2 is 2.12 bits per heavy atom. The van der Waals surface area contributed by atoms with E-state index < -0.39 is 0 Å². The van der Waals surface area contributed by atoms with Crippen LogP contribution in [0.25, 0.3) is 0 Å². The molecule has 1 N–H and O–H groups in total. The van der Waals surface area contributed by atoms with Gasteiger partial charge in [-0.3, -0.25) is 10.1 Å². The summed E-state index contributed by atoms with van der Waals surface area (Å²) < 4.78 is 0. The van der Waals surface area contributed by atoms with Crippen molar-refractivity contribution in [2.45, 2.75) is 46.3 Å². The first-order chi connectivity index (χ1) is 7.95. The molecule has 4 heteroatoms. The summed E-state index contributed by atoms with van der Waals surface area (Å²) >= 11 is 0. The predicted molar refractivity (Wildman–Crippen MR) is 70.7 cm³/mol. The molecule has 4 nitrogen and oxygen atoms in total. The van der Waals surface area contributed by atoms with Gasteiger partial charge in [-0.1, -0.05) is 20.8 Å². The minimum absolute atomic E-state index is 0.0225. The average Bonchev–Trinajstić information content (AvgIpc) is 2.51. The molecule has 1 rings (SSSR count). The predicted octanol–water partition coefficient (Wildman–Crippen LogP) is 1.13. The van der Waals surface area contributed by atoms with E-state index in [1.165, 1.54) is 0 Å². The molecule has 0 radical (unpaired) electrons. The highest BCUT2D eigenvalue weighted by molar-refractivity contribution is 5.83. The fourth-order valence-corrected chi connectivity index (χ4v) is 2.20. The van der Waals surface area contributed by atoms with E-state index in [1.54, 1.807) is 0 Å². The largest absolute Gasteiger partial charge is 0.325 e. The van der Waals surface area contributed by atoms with Gasteiger partial charge in [0.15, 0.2) is 0 Å². The Balaban J connectivity index is 2.54. The zero-order valence-electron chi connectivity index (χ0n) is 11.9. The lowest BCUT2D eigenvalue weighted by Gasteiger charge is -2.27. The topological polar surface area (TPSA) is 35.6 Å². The van der Waals surface area contributed by atoms with Crippen LogP contribution < -0.4 is 5.32 Å². The molecule has 1 fully saturated rings. The molecule has 0 aliphatic carbocycles. The smallest absolute Gasteiger partial charge is 0.240 e. The second-order valence-electron chi connectivity index (χ2n) is 5.46. The molecule has 1 aliphatic rings. The van der Waals surface area contributed by atoms with Crippen LogP contribution in [-0.4, -0.2) is 54.6 Å². The Morgan fingerprint density at radius 3 is 2.65 bits per heavy atom. The highest BCUT2D eigenvalue weighted by Crippen LogP contribution is 2.17. The van der Waals surface area contributed by atoms with Gasteiger partial charge in [0.2, 0.25) is 5.91 Å². The lowest BCUT2D eigenvalue weighted by Crippen LogP contribution is -2.42. The number of carbonyl (C=O) groups excluding carboxylic acids is 1. The van der Waals surface area contributed by atoms with Crippen molar-refractivity contribution < 1.29 is 4.79 Å². The highest BCUT2D eigenvalue weighted by atomic mass is 16.2. The standard InChI is InChI=1S/C13H27N3O/c1-6-15(5)7-8-16-12(9-10(2)3)14-11(4)13(16)17/h10-12,14H,6-9H2,1-5H3. The molecule has 1 heterocycles. The lowest BCUT2D eigenvalue weighted by atomic mass is 10.1. The van der Waals surface area contributed by atoms with Gasteiger partial charge in [0.05, 0.1) is 12.2 Å². The number of nitrogens with one attached hydrogen (secondary N) is 1. The summed E-state index contributed by atoms with van der Waals surface area (Å²) in [6.45, 7) is 11.3. The Kier molecular flexibility index (Phi) is 5.40. The van der Waals surface area contributed by atoms with Crippen molar-refractivity contribution in [3.63, 3.8) is 0 Å². The molecule has 0 aromatic carbocycles. The van der Waals surface area contributed by atoms with Crippen LogP contribution in [0.5, 0.6) is 0 Å². The first-order valence-electron chi connectivity index (χ1n) is 6.70. The van der Waals surface area contributed by atoms with Crippen molar-refractivity contribution in [2.24, 2.45) is 5.92 Å². The Hall–Kier alpha value is -0.610. The van der Waals surface area contributed by atoms with Crippen molar-refractivity contribution in [1.29, 1.82) is 0 Å². The van der Waals surface area contributed by atoms with Crippen LogP contribution in [0.4, 0.5) is 0 Å². The van der Waals surface area contributed by atoms with Crippen LogP contribution in [-0.2, 0) is 4.79 Å². The van der Waals surface area contributed by atoms with Gasteiger partial charge in [-0.15, -0.1) is 0 Å². The van der Waals surface area contributed by atoms with Gasteiger partial charge in [-0.05, 0) is 32.9 Å². The summed E-state index contributed by atoms with van der Waals surface area (Å²) in [5, 5.41) is 3.38. The van der Waals surface area contributed by atoms with Crippen molar-refractivity contribution in [1.82, 2.24) is 15.1 Å². The van der Waals surface area contributed by atoms with Gasteiger partial charge in [0.1, 0.15) is 0 Å². The van der Waals surface area contributed by atoms with Crippen LogP contribution in [0.2, 0.25) is 0 Å². The molecule has 1 saturated heterocycles. The number of likely N-dealkylation sites (N-methyl/N-ethyl adjacent to an activating group) is 1. The maximum Gasteiger partial charge on any atom is 0.240 e. The molecule has 2 atom stereocenters. The van der Waals surface area contributed by atoms with Crippen molar-refractivity contribution in [3.8, 4) is 0 Å². The molecule has 2 unspecified atom stereocenters. The molecular weight excluding hydrogens is 214 g/mol. The summed E-state index contributed by atoms with van der Waals surface area (Å²) in [4.78, 5) is 16.3. The van der Waals surface area contributed by atoms with Crippen LogP contribution in [0.15, 0.2) is 0 Å². The van der Waals surface area contributed by atoms with Crippen molar-refractivity contribution in [2.75, 3.05) is 26.7 Å². The van der Waals surface area contributed by atoms with Crippen molar-refractivity contribution in [3.05, 3.63) is 0 Å². The fourth-order valence-electron chi connectivity index (χ4n) is 2.20. The third-order valence-electron chi connectivity index (χ3n) is 3.43. The molecule has 0 spiro atoms. The summed E-state index contributed by atoms with van der Waals surface area (Å²) in [7, 11) is 2.09. The van der Waals surface area contributed by atoms with E-state index in [9.17, 15) is 4.79 Å². The zero-order valence-corrected chi connectivity index (χ0v) is 11.9. The number of nitrogens with zero attached hydrogens (tertiary/aromatic N) is 2. The Morgan fingerprint density at radius 1 is 1.47 bits per heavy atom. The number of hydrogen-bond acceptors (Lipinski definition) is 3. The summed E-state index contributed by atoms with van der Waals surface area (Å²) in [6.07, 6.45) is 1.26. The molecular formula is C13H27N3O. The van der Waals surface area contributed by atoms with Gasteiger partial charge in [0.25, 0.3) is 0 Å². The van der Waals surface area contributed by atoms with Gasteiger partial charge in [-0.2, -0.15) is 0 Å². The lowest BCUT2D eigenvalue weighted by molar-refractivity contribution is -0.130. The summed E-state index contributed by atoms with van der Waals surface area (Å²) in [5.74, 6) is 0.858. The second kappa shape index (κ2) is 6.36. The van der Waals surface area contributed by atoms with Crippen LogP contribution in [0.3, 0.4) is 0 Å². The van der Waals surface area contributed by atoms with Crippen LogP contribution in [0.1, 0.15) is 34.1 Å². The Bertz CT molecular complexity index is 255. The second-order valence-corrected chi connectivity index (χ2v) is 5.46. The average molecular weight is 241 g/mol.